The molecule has 0 radical (unpaired) electrons. The summed E-state index contributed by atoms with van der Waals surface area (Å²) in [4.78, 5) is 10.2. The van der Waals surface area contributed by atoms with Crippen molar-refractivity contribution in [1.82, 2.24) is 0 Å². The van der Waals surface area contributed by atoms with E-state index in [1.807, 2.05) is 0 Å². The van der Waals surface area contributed by atoms with E-state index >= 15 is 0 Å². The van der Waals surface area contributed by atoms with Crippen molar-refractivity contribution >= 4 is 5.97 Å². The molecule has 1 saturated heterocycles. The molecule has 0 saturated carbocycles. The van der Waals surface area contributed by atoms with Crippen LogP contribution in [0.25, 0.3) is 0 Å². The summed E-state index contributed by atoms with van der Waals surface area (Å²) in [5, 5.41) is 0. The maximum Gasteiger partial charge on any atom is 0.303 e. The minimum Gasteiger partial charge on any atom is -0.458 e. The highest BCUT2D eigenvalue weighted by atomic mass is 16.6. The van der Waals surface area contributed by atoms with E-state index in [4.69, 9.17) is 9.47 Å². The van der Waals surface area contributed by atoms with Crippen molar-refractivity contribution in [3.63, 3.8) is 0 Å². The van der Waals surface area contributed by atoms with Gasteiger partial charge in [-0.25, -0.2) is 0 Å². The molecule has 1 fully saturated rings. The van der Waals surface area contributed by atoms with Gasteiger partial charge >= 0.3 is 5.97 Å². The van der Waals surface area contributed by atoms with E-state index in [2.05, 4.69) is 0 Å². The van der Waals surface area contributed by atoms with Gasteiger partial charge in [-0.1, -0.05) is 0 Å². The Morgan fingerprint density at radius 2 is 2.38 bits per heavy atom. The number of carbonyl (C=O) groups is 1. The second-order valence-corrected chi connectivity index (χ2v) is 1.77. The normalized spacial score (nSPS) is 19.6. The van der Waals surface area contributed by atoms with Gasteiger partial charge in [-0.05, 0) is 0 Å². The summed E-state index contributed by atoms with van der Waals surface area (Å²) in [6, 6.07) is 0. The fraction of sp³-hybridized carbons (Fsp3) is 0.800. The smallest absolute Gasteiger partial charge is 0.303 e. The van der Waals surface area contributed by atoms with E-state index in [-0.39, 0.29) is 12.1 Å². The first-order chi connectivity index (χ1) is 3.79. The van der Waals surface area contributed by atoms with Gasteiger partial charge in [-0.3, -0.25) is 4.79 Å². The first-order valence-corrected chi connectivity index (χ1v) is 2.54. The quantitative estimate of drug-likeness (QED) is 0.450. The molecule has 0 unspecified atom stereocenters. The molecule has 0 amide bonds. The van der Waals surface area contributed by atoms with Crippen LogP contribution in [0.1, 0.15) is 6.92 Å². The van der Waals surface area contributed by atoms with Gasteiger partial charge in [0.25, 0.3) is 0 Å². The third-order valence-corrected chi connectivity index (χ3v) is 0.940. The predicted octanol–water partition coefficient (Wildman–Crippen LogP) is -0.0517. The van der Waals surface area contributed by atoms with E-state index in [1.165, 1.54) is 6.92 Å². The van der Waals surface area contributed by atoms with E-state index in [1.54, 1.807) is 0 Å². The molecule has 8 heavy (non-hydrogen) atoms. The van der Waals surface area contributed by atoms with Crippen molar-refractivity contribution in [3.8, 4) is 0 Å². The Bertz CT molecular complexity index is 95.8. The number of hydrogen-bond donors (Lipinski definition) is 0. The predicted molar refractivity (Wildman–Crippen MR) is 26.4 cm³/mol. The van der Waals surface area contributed by atoms with Crippen molar-refractivity contribution in [1.29, 1.82) is 0 Å². The molecule has 0 aromatic carbocycles. The molecule has 0 bridgehead atoms. The highest BCUT2D eigenvalue weighted by Gasteiger charge is 2.20. The van der Waals surface area contributed by atoms with Crippen LogP contribution in [-0.2, 0) is 14.3 Å². The zero-order chi connectivity index (χ0) is 5.98. The van der Waals surface area contributed by atoms with Gasteiger partial charge in [0.1, 0.15) is 6.10 Å². The van der Waals surface area contributed by atoms with Crippen LogP contribution < -0.4 is 0 Å². The lowest BCUT2D eigenvalue weighted by Gasteiger charge is -2.24. The molecule has 46 valence electrons. The molecule has 0 spiro atoms. The van der Waals surface area contributed by atoms with Crippen molar-refractivity contribution in [2.45, 2.75) is 13.0 Å². The minimum absolute atomic E-state index is 0.0347. The Morgan fingerprint density at radius 1 is 1.75 bits per heavy atom. The molecule has 0 aliphatic carbocycles. The topological polar surface area (TPSA) is 35.5 Å². The summed E-state index contributed by atoms with van der Waals surface area (Å²) < 4.78 is 9.48. The molecule has 1 aliphatic heterocycles. The van der Waals surface area contributed by atoms with Gasteiger partial charge < -0.3 is 9.47 Å². The summed E-state index contributed by atoms with van der Waals surface area (Å²) in [5.41, 5.74) is 0. The van der Waals surface area contributed by atoms with Gasteiger partial charge in [0.05, 0.1) is 13.2 Å². The number of carbonyl (C=O) groups excluding carboxylic acids is 1. The Balaban J connectivity index is 2.09. The monoisotopic (exact) mass is 116 g/mol. The highest BCUT2D eigenvalue weighted by Crippen LogP contribution is 2.04. The number of rotatable bonds is 1. The second kappa shape index (κ2) is 2.13. The molecule has 1 rings (SSSR count). The third kappa shape index (κ3) is 1.20. The summed E-state index contributed by atoms with van der Waals surface area (Å²) in [7, 11) is 0. The van der Waals surface area contributed by atoms with E-state index in [0.29, 0.717) is 13.2 Å². The minimum atomic E-state index is -0.224. The first kappa shape index (κ1) is 5.56. The fourth-order valence-corrected chi connectivity index (χ4v) is 0.517. The molecule has 0 aromatic heterocycles. The Morgan fingerprint density at radius 3 is 2.50 bits per heavy atom. The van der Waals surface area contributed by atoms with Crippen LogP contribution >= 0.6 is 0 Å². The zero-order valence-corrected chi connectivity index (χ0v) is 4.72. The van der Waals surface area contributed by atoms with Gasteiger partial charge in [0, 0.05) is 6.92 Å². The molecule has 0 aromatic rings. The molecular weight excluding hydrogens is 108 g/mol. The van der Waals surface area contributed by atoms with Crippen molar-refractivity contribution in [2.24, 2.45) is 0 Å². The standard InChI is InChI=1S/C5H8O3/c1-4(6)8-5-2-7-3-5/h5H,2-3H2,1H3. The lowest BCUT2D eigenvalue weighted by molar-refractivity contribution is -0.169. The van der Waals surface area contributed by atoms with E-state index < -0.39 is 0 Å². The Kier molecular flexibility index (Phi) is 1.48. The molecule has 3 nitrogen and oxygen atoms in total. The van der Waals surface area contributed by atoms with Gasteiger partial charge in [-0.15, -0.1) is 0 Å². The molecule has 3 heteroatoms. The van der Waals surface area contributed by atoms with E-state index in [9.17, 15) is 4.79 Å². The van der Waals surface area contributed by atoms with Crippen LogP contribution in [0, 0.1) is 0 Å². The summed E-state index contributed by atoms with van der Waals surface area (Å²) >= 11 is 0. The molecular formula is C5H8O3. The van der Waals surface area contributed by atoms with Gasteiger partial charge in [-0.2, -0.15) is 0 Å². The summed E-state index contributed by atoms with van der Waals surface area (Å²) in [5.74, 6) is -0.224. The van der Waals surface area contributed by atoms with Gasteiger partial charge in [0.2, 0.25) is 0 Å². The lowest BCUT2D eigenvalue weighted by atomic mass is 10.3. The largest absolute Gasteiger partial charge is 0.458 e. The van der Waals surface area contributed by atoms with Crippen molar-refractivity contribution < 1.29 is 14.3 Å². The maximum absolute atomic E-state index is 10.2. The number of ether oxygens (including phenoxy) is 2. The van der Waals surface area contributed by atoms with Crippen LogP contribution in [0.3, 0.4) is 0 Å². The maximum atomic E-state index is 10.2. The van der Waals surface area contributed by atoms with Crippen LogP contribution in [0.2, 0.25) is 0 Å². The fourth-order valence-electron chi connectivity index (χ4n) is 0.517. The lowest BCUT2D eigenvalue weighted by Crippen LogP contribution is -2.37. The molecule has 0 N–H and O–H groups in total. The third-order valence-electron chi connectivity index (χ3n) is 0.940. The Labute approximate surface area is 47.6 Å². The van der Waals surface area contributed by atoms with Crippen molar-refractivity contribution in [3.05, 3.63) is 0 Å². The average Bonchev–Trinajstić information content (AvgIpc) is 1.55. The van der Waals surface area contributed by atoms with Gasteiger partial charge in [0.15, 0.2) is 0 Å². The highest BCUT2D eigenvalue weighted by molar-refractivity contribution is 5.66. The van der Waals surface area contributed by atoms with Crippen LogP contribution in [0.5, 0.6) is 0 Å². The molecule has 0 atom stereocenters. The van der Waals surface area contributed by atoms with Crippen LogP contribution in [0.4, 0.5) is 0 Å². The second-order valence-electron chi connectivity index (χ2n) is 1.77. The first-order valence-electron chi connectivity index (χ1n) is 2.54. The average molecular weight is 116 g/mol. The SMILES string of the molecule is CC(=O)OC1COC1. The zero-order valence-electron chi connectivity index (χ0n) is 4.72. The summed E-state index contributed by atoms with van der Waals surface area (Å²) in [6.07, 6.45) is 0.0347. The van der Waals surface area contributed by atoms with Crippen molar-refractivity contribution in [2.75, 3.05) is 13.2 Å². The molecule has 1 heterocycles. The van der Waals surface area contributed by atoms with Crippen LogP contribution in [-0.4, -0.2) is 25.3 Å². The molecule has 1 aliphatic rings. The number of hydrogen-bond acceptors (Lipinski definition) is 3. The Hall–Kier alpha value is -0.570. The number of esters is 1. The summed E-state index contributed by atoms with van der Waals surface area (Å²) in [6.45, 7) is 2.54. The van der Waals surface area contributed by atoms with E-state index in [0.717, 1.165) is 0 Å². The van der Waals surface area contributed by atoms with Crippen LogP contribution in [0.15, 0.2) is 0 Å².